The highest BCUT2D eigenvalue weighted by Crippen LogP contribution is 2.41. The zero-order chi connectivity index (χ0) is 29.1. The topological polar surface area (TPSA) is 122 Å². The highest BCUT2D eigenvalue weighted by Gasteiger charge is 2.52. The molecule has 2 atom stereocenters. The number of carbonyl (C=O) groups excluding carboxylic acids is 1. The van der Waals surface area contributed by atoms with E-state index in [0.29, 0.717) is 11.3 Å². The summed E-state index contributed by atoms with van der Waals surface area (Å²) in [5.74, 6) is -0.800. The lowest BCUT2D eigenvalue weighted by Gasteiger charge is -2.49. The lowest BCUT2D eigenvalue weighted by Crippen LogP contribution is -2.62. The SMILES string of the molecule is CC(C)(C)OC(=O)N[C@@H](Cc1cccc(S(=O)(=O)N2CC(OC3=CCC(F)C=C3)(c3ccccc3)C2)c1)C(=O)O. The van der Waals surface area contributed by atoms with E-state index in [1.54, 1.807) is 39.0 Å². The van der Waals surface area contributed by atoms with Gasteiger partial charge in [0.25, 0.3) is 0 Å². The molecule has 0 saturated carbocycles. The minimum atomic E-state index is -3.96. The van der Waals surface area contributed by atoms with E-state index in [4.69, 9.17) is 9.47 Å². The summed E-state index contributed by atoms with van der Waals surface area (Å²) in [5.41, 5.74) is -0.550. The van der Waals surface area contributed by atoms with Crippen LogP contribution >= 0.6 is 0 Å². The molecule has 9 nitrogen and oxygen atoms in total. The van der Waals surface area contributed by atoms with Gasteiger partial charge in [-0.05, 0) is 62.3 Å². The highest BCUT2D eigenvalue weighted by atomic mass is 32.2. The Hall–Kier alpha value is -3.70. The van der Waals surface area contributed by atoms with Crippen LogP contribution in [0.2, 0.25) is 0 Å². The molecule has 11 heteroatoms. The number of amides is 1. The van der Waals surface area contributed by atoms with Gasteiger partial charge in [-0.1, -0.05) is 42.5 Å². The average molecular weight is 573 g/mol. The molecule has 1 unspecified atom stereocenters. The normalized spacial score (nSPS) is 19.6. The fraction of sp³-hybridized carbons (Fsp3) is 0.379. The van der Waals surface area contributed by atoms with Crippen LogP contribution in [0.4, 0.5) is 9.18 Å². The first-order valence-corrected chi connectivity index (χ1v) is 14.3. The maximum Gasteiger partial charge on any atom is 0.408 e. The van der Waals surface area contributed by atoms with Gasteiger partial charge in [0.15, 0.2) is 5.60 Å². The summed E-state index contributed by atoms with van der Waals surface area (Å²) < 4.78 is 53.4. The second kappa shape index (κ2) is 11.4. The van der Waals surface area contributed by atoms with Crippen molar-refractivity contribution in [2.45, 2.75) is 61.9 Å². The number of benzene rings is 2. The summed E-state index contributed by atoms with van der Waals surface area (Å²) >= 11 is 0. The molecule has 0 bridgehead atoms. The molecule has 1 fully saturated rings. The number of sulfonamides is 1. The summed E-state index contributed by atoms with van der Waals surface area (Å²) in [4.78, 5) is 23.9. The number of ether oxygens (including phenoxy) is 2. The van der Waals surface area contributed by atoms with Crippen molar-refractivity contribution in [1.82, 2.24) is 9.62 Å². The largest absolute Gasteiger partial charge is 0.480 e. The van der Waals surface area contributed by atoms with E-state index in [0.717, 1.165) is 5.56 Å². The number of alkyl carbamates (subject to hydrolysis) is 1. The van der Waals surface area contributed by atoms with Crippen LogP contribution in [0.5, 0.6) is 0 Å². The summed E-state index contributed by atoms with van der Waals surface area (Å²) in [6.07, 6.45) is 2.70. The molecule has 0 radical (unpaired) electrons. The smallest absolute Gasteiger partial charge is 0.408 e. The molecule has 2 aromatic rings. The van der Waals surface area contributed by atoms with Gasteiger partial charge in [0, 0.05) is 12.8 Å². The summed E-state index contributed by atoms with van der Waals surface area (Å²) in [6, 6.07) is 13.9. The highest BCUT2D eigenvalue weighted by molar-refractivity contribution is 7.89. The Morgan fingerprint density at radius 2 is 1.85 bits per heavy atom. The van der Waals surface area contributed by atoms with Crippen LogP contribution in [0.1, 0.15) is 38.3 Å². The standard InChI is InChI=1S/C29H33FN2O7S/c1-28(2,3)39-27(35)31-25(26(33)34)17-20-8-7-11-24(16-20)40(36,37)32-18-29(19-32,21-9-5-4-6-10-21)38-23-14-12-22(30)13-15-23/h4-12,14-16,22,25H,13,17-19H2,1-3H3,(H,31,35)(H,33,34)/t22?,25-/m0/s1. The number of carboxylic acids is 1. The number of nitrogens with one attached hydrogen (secondary N) is 1. The summed E-state index contributed by atoms with van der Waals surface area (Å²) in [6.45, 7) is 5.04. The molecule has 4 rings (SSSR count). The van der Waals surface area contributed by atoms with Gasteiger partial charge in [0.1, 0.15) is 23.6 Å². The van der Waals surface area contributed by atoms with E-state index in [1.807, 2.05) is 30.3 Å². The minimum absolute atomic E-state index is 0.00915. The van der Waals surface area contributed by atoms with Gasteiger partial charge in [-0.25, -0.2) is 22.4 Å². The lowest BCUT2D eigenvalue weighted by atomic mass is 9.87. The van der Waals surface area contributed by atoms with E-state index in [2.05, 4.69) is 5.32 Å². The lowest BCUT2D eigenvalue weighted by molar-refractivity contribution is -0.139. The van der Waals surface area contributed by atoms with E-state index in [1.165, 1.54) is 28.6 Å². The molecular weight excluding hydrogens is 539 g/mol. The quantitative estimate of drug-likeness (QED) is 0.459. The van der Waals surface area contributed by atoms with Gasteiger partial charge in [-0.15, -0.1) is 0 Å². The number of halogens is 1. The monoisotopic (exact) mass is 572 g/mol. The number of carboxylic acid groups (broad SMARTS) is 1. The number of aliphatic carboxylic acids is 1. The van der Waals surface area contributed by atoms with Gasteiger partial charge in [0.05, 0.1) is 18.0 Å². The molecular formula is C29H33FN2O7S. The molecule has 1 saturated heterocycles. The molecule has 2 aromatic carbocycles. The first-order valence-electron chi connectivity index (χ1n) is 12.9. The van der Waals surface area contributed by atoms with Crippen molar-refractivity contribution >= 4 is 22.1 Å². The molecule has 1 amide bonds. The number of rotatable bonds is 9. The minimum Gasteiger partial charge on any atom is -0.480 e. The van der Waals surface area contributed by atoms with Crippen LogP contribution in [0.15, 0.2) is 83.5 Å². The Morgan fingerprint density at radius 1 is 1.15 bits per heavy atom. The van der Waals surface area contributed by atoms with Crippen molar-refractivity contribution in [3.05, 3.63) is 89.7 Å². The second-order valence-electron chi connectivity index (χ2n) is 10.8. The average Bonchev–Trinajstić information content (AvgIpc) is 2.86. The van der Waals surface area contributed by atoms with Crippen molar-refractivity contribution in [2.75, 3.05) is 13.1 Å². The Balaban J connectivity index is 1.51. The van der Waals surface area contributed by atoms with Crippen LogP contribution in [-0.2, 0) is 36.3 Å². The molecule has 1 aliphatic carbocycles. The summed E-state index contributed by atoms with van der Waals surface area (Å²) in [7, 11) is -3.96. The predicted octanol–water partition coefficient (Wildman–Crippen LogP) is 4.31. The number of carbonyl (C=O) groups is 2. The van der Waals surface area contributed by atoms with Gasteiger partial charge in [-0.3, -0.25) is 0 Å². The first kappa shape index (κ1) is 29.3. The fourth-order valence-corrected chi connectivity index (χ4v) is 6.09. The third-order valence-electron chi connectivity index (χ3n) is 6.46. The fourth-order valence-electron chi connectivity index (χ4n) is 4.48. The van der Waals surface area contributed by atoms with E-state index >= 15 is 0 Å². The van der Waals surface area contributed by atoms with Crippen LogP contribution < -0.4 is 5.32 Å². The molecule has 0 spiro atoms. The Labute approximate surface area is 233 Å². The predicted molar refractivity (Wildman–Crippen MR) is 146 cm³/mol. The van der Waals surface area contributed by atoms with E-state index < -0.39 is 45.5 Å². The zero-order valence-corrected chi connectivity index (χ0v) is 23.4. The van der Waals surface area contributed by atoms with Gasteiger partial charge in [-0.2, -0.15) is 4.31 Å². The van der Waals surface area contributed by atoms with Crippen LogP contribution in [0.25, 0.3) is 0 Å². The third kappa shape index (κ3) is 6.89. The Morgan fingerprint density at radius 3 is 2.45 bits per heavy atom. The van der Waals surface area contributed by atoms with Crippen LogP contribution in [-0.4, -0.2) is 60.8 Å². The molecule has 214 valence electrons. The van der Waals surface area contributed by atoms with E-state index in [-0.39, 0.29) is 30.8 Å². The van der Waals surface area contributed by atoms with Crippen LogP contribution in [0.3, 0.4) is 0 Å². The van der Waals surface area contributed by atoms with Crippen LogP contribution in [0, 0.1) is 0 Å². The van der Waals surface area contributed by atoms with Gasteiger partial charge in [0.2, 0.25) is 10.0 Å². The van der Waals surface area contributed by atoms with Crippen molar-refractivity contribution in [2.24, 2.45) is 0 Å². The third-order valence-corrected chi connectivity index (χ3v) is 8.24. The number of hydrogen-bond donors (Lipinski definition) is 2. The number of nitrogens with zero attached hydrogens (tertiary/aromatic N) is 1. The second-order valence-corrected chi connectivity index (χ2v) is 12.8. The van der Waals surface area contributed by atoms with Crippen molar-refractivity contribution < 1.29 is 37.0 Å². The molecule has 1 heterocycles. The molecule has 40 heavy (non-hydrogen) atoms. The first-order chi connectivity index (χ1) is 18.8. The maximum absolute atomic E-state index is 13.6. The van der Waals surface area contributed by atoms with Gasteiger partial charge < -0.3 is 19.9 Å². The van der Waals surface area contributed by atoms with E-state index in [9.17, 15) is 27.5 Å². The van der Waals surface area contributed by atoms with Crippen molar-refractivity contribution in [3.8, 4) is 0 Å². The number of allylic oxidation sites excluding steroid dienone is 3. The molecule has 2 N–H and O–H groups in total. The van der Waals surface area contributed by atoms with Crippen molar-refractivity contribution in [1.29, 1.82) is 0 Å². The van der Waals surface area contributed by atoms with Crippen molar-refractivity contribution in [3.63, 3.8) is 0 Å². The zero-order valence-electron chi connectivity index (χ0n) is 22.5. The number of alkyl halides is 1. The molecule has 1 aliphatic heterocycles. The maximum atomic E-state index is 13.6. The Bertz CT molecular complexity index is 1410. The Kier molecular flexibility index (Phi) is 8.36. The van der Waals surface area contributed by atoms with Gasteiger partial charge >= 0.3 is 12.1 Å². The number of hydrogen-bond acceptors (Lipinski definition) is 6. The molecule has 0 aromatic heterocycles. The summed E-state index contributed by atoms with van der Waals surface area (Å²) in [5, 5.41) is 11.9. The molecule has 2 aliphatic rings.